The lowest BCUT2D eigenvalue weighted by Gasteiger charge is -2.25. The van der Waals surface area contributed by atoms with Crippen LogP contribution in [0.3, 0.4) is 0 Å². The van der Waals surface area contributed by atoms with Gasteiger partial charge in [0.05, 0.1) is 9.79 Å². The van der Waals surface area contributed by atoms with Gasteiger partial charge in [-0.3, -0.25) is 0 Å². The van der Waals surface area contributed by atoms with Crippen molar-refractivity contribution >= 4 is 19.9 Å². The number of rotatable bonds is 5. The van der Waals surface area contributed by atoms with Crippen LogP contribution in [0.2, 0.25) is 0 Å². The number of benzene rings is 2. The van der Waals surface area contributed by atoms with Gasteiger partial charge in [0.2, 0.25) is 10.0 Å². The van der Waals surface area contributed by atoms with Crippen LogP contribution in [-0.4, -0.2) is 34.4 Å². The van der Waals surface area contributed by atoms with E-state index in [0.29, 0.717) is 5.56 Å². The van der Waals surface area contributed by atoms with Gasteiger partial charge in [-0.15, -0.1) is 0 Å². The molecule has 0 amide bonds. The van der Waals surface area contributed by atoms with E-state index in [0.717, 1.165) is 17.4 Å². The van der Waals surface area contributed by atoms with Crippen LogP contribution < -0.4 is 0 Å². The molecular weight excluding hydrogens is 358 g/mol. The topological polar surface area (TPSA) is 71.5 Å². The highest BCUT2D eigenvalue weighted by molar-refractivity contribution is 7.90. The second-order valence-electron chi connectivity index (χ2n) is 6.31. The highest BCUT2D eigenvalue weighted by Crippen LogP contribution is 2.28. The van der Waals surface area contributed by atoms with Gasteiger partial charge in [-0.2, -0.15) is 4.31 Å². The third kappa shape index (κ3) is 4.11. The van der Waals surface area contributed by atoms with Crippen LogP contribution in [0, 0.1) is 13.8 Å². The zero-order chi connectivity index (χ0) is 19.0. The van der Waals surface area contributed by atoms with Crippen molar-refractivity contribution < 1.29 is 16.8 Å². The van der Waals surface area contributed by atoms with Crippen molar-refractivity contribution in [2.24, 2.45) is 0 Å². The maximum atomic E-state index is 13.0. The number of sulfone groups is 1. The van der Waals surface area contributed by atoms with Crippen molar-refractivity contribution in [2.75, 3.05) is 13.3 Å². The molecule has 0 aliphatic carbocycles. The molecule has 25 heavy (non-hydrogen) atoms. The molecule has 0 aliphatic heterocycles. The van der Waals surface area contributed by atoms with Crippen molar-refractivity contribution in [3.05, 3.63) is 59.2 Å². The van der Waals surface area contributed by atoms with Crippen molar-refractivity contribution in [2.45, 2.75) is 36.6 Å². The zero-order valence-electron chi connectivity index (χ0n) is 15.0. The van der Waals surface area contributed by atoms with Crippen molar-refractivity contribution in [3.8, 4) is 0 Å². The molecule has 5 nitrogen and oxygen atoms in total. The average Bonchev–Trinajstić information content (AvgIpc) is 2.54. The largest absolute Gasteiger partial charge is 0.243 e. The van der Waals surface area contributed by atoms with Crippen LogP contribution in [0.4, 0.5) is 0 Å². The molecule has 136 valence electrons. The van der Waals surface area contributed by atoms with Crippen molar-refractivity contribution in [1.29, 1.82) is 0 Å². The first-order valence-corrected chi connectivity index (χ1v) is 11.1. The third-order valence-corrected chi connectivity index (χ3v) is 7.54. The van der Waals surface area contributed by atoms with Gasteiger partial charge >= 0.3 is 0 Å². The Morgan fingerprint density at radius 3 is 2.00 bits per heavy atom. The lowest BCUT2D eigenvalue weighted by molar-refractivity contribution is 0.398. The van der Waals surface area contributed by atoms with Gasteiger partial charge in [-0.05, 0) is 55.7 Å². The van der Waals surface area contributed by atoms with Gasteiger partial charge in [-0.25, -0.2) is 16.8 Å². The Bertz CT molecular complexity index is 978. The molecule has 2 aromatic rings. The van der Waals surface area contributed by atoms with Crippen LogP contribution in [0.25, 0.3) is 0 Å². The van der Waals surface area contributed by atoms with Gasteiger partial charge in [0.1, 0.15) is 0 Å². The van der Waals surface area contributed by atoms with Gasteiger partial charge in [-0.1, -0.05) is 24.3 Å². The van der Waals surface area contributed by atoms with Crippen LogP contribution in [0.1, 0.15) is 29.7 Å². The number of hydrogen-bond donors (Lipinski definition) is 0. The van der Waals surface area contributed by atoms with Crippen LogP contribution >= 0.6 is 0 Å². The fraction of sp³-hybridized carbons (Fsp3) is 0.333. The molecule has 0 fully saturated rings. The monoisotopic (exact) mass is 381 g/mol. The third-order valence-electron chi connectivity index (χ3n) is 4.34. The first kappa shape index (κ1) is 19.6. The van der Waals surface area contributed by atoms with E-state index in [-0.39, 0.29) is 9.79 Å². The summed E-state index contributed by atoms with van der Waals surface area (Å²) in [6.07, 6.45) is 1.14. The summed E-state index contributed by atoms with van der Waals surface area (Å²) in [6.45, 7) is 5.40. The lowest BCUT2D eigenvalue weighted by Crippen LogP contribution is -2.30. The standard InChI is InChI=1S/C18H23NO4S2/c1-13-6-7-14(2)18(12-13)25(22,23)19(4)15(3)16-8-10-17(11-9-16)24(5,20)21/h6-12,15H,1-5H3. The van der Waals surface area contributed by atoms with Gasteiger partial charge < -0.3 is 0 Å². The first-order chi connectivity index (χ1) is 11.4. The van der Waals surface area contributed by atoms with E-state index in [9.17, 15) is 16.8 Å². The predicted octanol–water partition coefficient (Wildman–Crippen LogP) is 3.09. The van der Waals surface area contributed by atoms with Crippen LogP contribution in [0.15, 0.2) is 52.3 Å². The van der Waals surface area contributed by atoms with E-state index < -0.39 is 25.9 Å². The van der Waals surface area contributed by atoms with E-state index >= 15 is 0 Å². The van der Waals surface area contributed by atoms with E-state index in [2.05, 4.69) is 0 Å². The SMILES string of the molecule is Cc1ccc(C)c(S(=O)(=O)N(C)C(C)c2ccc(S(C)(=O)=O)cc2)c1. The first-order valence-electron chi connectivity index (χ1n) is 7.80. The maximum Gasteiger partial charge on any atom is 0.243 e. The summed E-state index contributed by atoms with van der Waals surface area (Å²) in [6, 6.07) is 11.2. The van der Waals surface area contributed by atoms with Gasteiger partial charge in [0.25, 0.3) is 0 Å². The summed E-state index contributed by atoms with van der Waals surface area (Å²) >= 11 is 0. The minimum Gasteiger partial charge on any atom is -0.224 e. The molecule has 0 radical (unpaired) electrons. The Labute approximate surface area is 150 Å². The van der Waals surface area contributed by atoms with Gasteiger partial charge in [0, 0.05) is 19.3 Å². The summed E-state index contributed by atoms with van der Waals surface area (Å²) < 4.78 is 50.4. The molecular formula is C18H23NO4S2. The number of hydrogen-bond acceptors (Lipinski definition) is 4. The van der Waals surface area contributed by atoms with Crippen LogP contribution in [0.5, 0.6) is 0 Å². The second-order valence-corrected chi connectivity index (χ2v) is 10.3. The van der Waals surface area contributed by atoms with Crippen molar-refractivity contribution in [3.63, 3.8) is 0 Å². The summed E-state index contributed by atoms with van der Waals surface area (Å²) in [5.74, 6) is 0. The molecule has 1 atom stereocenters. The molecule has 0 saturated carbocycles. The van der Waals surface area contributed by atoms with E-state index in [1.165, 1.54) is 23.5 Å². The molecule has 7 heteroatoms. The Morgan fingerprint density at radius 1 is 0.920 bits per heavy atom. The highest BCUT2D eigenvalue weighted by Gasteiger charge is 2.27. The molecule has 0 bridgehead atoms. The van der Waals surface area contributed by atoms with Crippen LogP contribution in [-0.2, 0) is 19.9 Å². The molecule has 0 saturated heterocycles. The fourth-order valence-corrected chi connectivity index (χ4v) is 4.84. The van der Waals surface area contributed by atoms with E-state index in [4.69, 9.17) is 0 Å². The predicted molar refractivity (Wildman–Crippen MR) is 98.8 cm³/mol. The molecule has 0 N–H and O–H groups in total. The Morgan fingerprint density at radius 2 is 1.48 bits per heavy atom. The summed E-state index contributed by atoms with van der Waals surface area (Å²) in [7, 11) is -5.41. The molecule has 0 spiro atoms. The second kappa shape index (κ2) is 6.90. The number of aryl methyl sites for hydroxylation is 2. The molecule has 1 unspecified atom stereocenters. The molecule has 0 aromatic heterocycles. The number of nitrogens with zero attached hydrogens (tertiary/aromatic N) is 1. The Hall–Kier alpha value is -1.70. The summed E-state index contributed by atoms with van der Waals surface area (Å²) in [4.78, 5) is 0.498. The zero-order valence-corrected chi connectivity index (χ0v) is 16.6. The van der Waals surface area contributed by atoms with Crippen molar-refractivity contribution in [1.82, 2.24) is 4.31 Å². The number of sulfonamides is 1. The summed E-state index contributed by atoms with van der Waals surface area (Å²) in [5, 5.41) is 0. The van der Waals surface area contributed by atoms with E-state index in [1.807, 2.05) is 13.0 Å². The molecule has 2 rings (SSSR count). The van der Waals surface area contributed by atoms with E-state index in [1.54, 1.807) is 38.1 Å². The smallest absolute Gasteiger partial charge is 0.224 e. The normalized spacial score (nSPS) is 13.8. The Balaban J connectivity index is 2.38. The fourth-order valence-electron chi connectivity index (χ4n) is 2.55. The molecule has 0 heterocycles. The minimum atomic E-state index is -3.66. The average molecular weight is 382 g/mol. The Kier molecular flexibility index (Phi) is 5.41. The minimum absolute atomic E-state index is 0.212. The lowest BCUT2D eigenvalue weighted by atomic mass is 10.1. The quantitative estimate of drug-likeness (QED) is 0.798. The van der Waals surface area contributed by atoms with Gasteiger partial charge in [0.15, 0.2) is 9.84 Å². The highest BCUT2D eigenvalue weighted by atomic mass is 32.2. The summed E-state index contributed by atoms with van der Waals surface area (Å²) in [5.41, 5.74) is 2.29. The molecule has 2 aromatic carbocycles. The molecule has 0 aliphatic rings. The maximum absolute atomic E-state index is 13.0.